The molecule has 1 N–H and O–H groups in total. The number of sulfonamides is 1. The van der Waals surface area contributed by atoms with Crippen LogP contribution in [0.25, 0.3) is 0 Å². The van der Waals surface area contributed by atoms with Gasteiger partial charge in [0.25, 0.3) is 10.0 Å². The molecule has 3 aromatic rings. The quantitative estimate of drug-likeness (QED) is 0.378. The van der Waals surface area contributed by atoms with Gasteiger partial charge in [0.1, 0.15) is 12.3 Å². The van der Waals surface area contributed by atoms with Crippen LogP contribution in [-0.4, -0.2) is 28.0 Å². The van der Waals surface area contributed by atoms with Crippen LogP contribution in [0.3, 0.4) is 0 Å². The summed E-state index contributed by atoms with van der Waals surface area (Å²) in [6.45, 7) is 9.72. The van der Waals surface area contributed by atoms with Gasteiger partial charge >= 0.3 is 0 Å². The van der Waals surface area contributed by atoms with Gasteiger partial charge in [0.2, 0.25) is 5.91 Å². The third-order valence-corrected chi connectivity index (χ3v) is 8.12. The lowest BCUT2D eigenvalue weighted by Crippen LogP contribution is -2.42. The predicted octanol–water partition coefficient (Wildman–Crippen LogP) is 5.76. The first-order valence-corrected chi connectivity index (χ1v) is 13.7. The molecule has 0 heterocycles. The maximum absolute atomic E-state index is 13.7. The Kier molecular flexibility index (Phi) is 8.79. The van der Waals surface area contributed by atoms with Crippen LogP contribution in [0, 0.1) is 6.92 Å². The number of hydrogen-bond donors (Lipinski definition) is 1. The van der Waals surface area contributed by atoms with Crippen molar-refractivity contribution in [2.45, 2.75) is 57.9 Å². The number of carbonyl (C=O) groups excluding carboxylic acids is 1. The van der Waals surface area contributed by atoms with Gasteiger partial charge in [-0.3, -0.25) is 9.10 Å². The van der Waals surface area contributed by atoms with Crippen molar-refractivity contribution in [1.29, 1.82) is 0 Å². The molecule has 0 unspecified atom stereocenters. The molecule has 6 nitrogen and oxygen atoms in total. The average Bonchev–Trinajstić information content (AvgIpc) is 2.87. The highest BCUT2D eigenvalue weighted by Gasteiger charge is 2.29. The first-order valence-electron chi connectivity index (χ1n) is 12.2. The van der Waals surface area contributed by atoms with Crippen molar-refractivity contribution in [3.8, 4) is 5.75 Å². The fourth-order valence-electron chi connectivity index (χ4n) is 4.38. The Bertz CT molecular complexity index is 1300. The Hall–Kier alpha value is -3.32. The largest absolute Gasteiger partial charge is 0.496 e. The van der Waals surface area contributed by atoms with E-state index < -0.39 is 10.0 Å². The van der Waals surface area contributed by atoms with E-state index >= 15 is 0 Å². The third-order valence-electron chi connectivity index (χ3n) is 6.34. The van der Waals surface area contributed by atoms with Crippen molar-refractivity contribution in [2.24, 2.45) is 0 Å². The monoisotopic (exact) mass is 508 g/mol. The van der Waals surface area contributed by atoms with E-state index in [0.29, 0.717) is 12.1 Å². The van der Waals surface area contributed by atoms with Crippen LogP contribution in [0.4, 0.5) is 5.69 Å². The van der Waals surface area contributed by atoms with Gasteiger partial charge in [0.15, 0.2) is 0 Å². The Morgan fingerprint density at radius 2 is 1.61 bits per heavy atom. The molecule has 0 aliphatic rings. The highest BCUT2D eigenvalue weighted by Crippen LogP contribution is 2.32. The number of para-hydroxylation sites is 1. The summed E-state index contributed by atoms with van der Waals surface area (Å²) < 4.78 is 34.1. The number of nitrogens with zero attached hydrogens (tertiary/aromatic N) is 1. The molecule has 192 valence electrons. The Labute approximate surface area is 215 Å². The maximum Gasteiger partial charge on any atom is 0.264 e. The summed E-state index contributed by atoms with van der Waals surface area (Å²) in [6, 6.07) is 19.2. The van der Waals surface area contributed by atoms with Gasteiger partial charge in [-0.1, -0.05) is 57.2 Å². The lowest BCUT2D eigenvalue weighted by atomic mass is 9.93. The van der Waals surface area contributed by atoms with Crippen molar-refractivity contribution in [2.75, 3.05) is 18.0 Å². The van der Waals surface area contributed by atoms with E-state index in [-0.39, 0.29) is 29.3 Å². The summed E-state index contributed by atoms with van der Waals surface area (Å²) in [7, 11) is -2.31. The minimum absolute atomic E-state index is 0.143. The molecular weight excluding hydrogens is 472 g/mol. The summed E-state index contributed by atoms with van der Waals surface area (Å²) in [5, 5.41) is 3.02. The molecule has 3 rings (SSSR count). The van der Waals surface area contributed by atoms with Gasteiger partial charge in [0.05, 0.1) is 23.7 Å². The number of methoxy groups -OCH3 is 1. The molecule has 0 aromatic heterocycles. The normalized spacial score (nSPS) is 12.3. The van der Waals surface area contributed by atoms with E-state index in [1.54, 1.807) is 49.6 Å². The summed E-state index contributed by atoms with van der Waals surface area (Å²) in [5.74, 6) is 0.689. The molecule has 0 radical (unpaired) electrons. The maximum atomic E-state index is 13.7. The van der Waals surface area contributed by atoms with E-state index in [0.717, 1.165) is 28.0 Å². The lowest BCUT2D eigenvalue weighted by Gasteiger charge is -2.27. The van der Waals surface area contributed by atoms with Gasteiger partial charge in [-0.25, -0.2) is 8.42 Å². The number of hydrogen-bond acceptors (Lipinski definition) is 4. The van der Waals surface area contributed by atoms with Crippen LogP contribution < -0.4 is 14.4 Å². The first kappa shape index (κ1) is 27.3. The molecule has 0 saturated carbocycles. The van der Waals surface area contributed by atoms with Crippen molar-refractivity contribution in [3.05, 3.63) is 89.0 Å². The Balaban J connectivity index is 1.94. The molecule has 1 amide bonds. The van der Waals surface area contributed by atoms with Gasteiger partial charge in [0, 0.05) is 0 Å². The minimum atomic E-state index is -3.96. The molecular formula is C29H36N2O4S. The lowest BCUT2D eigenvalue weighted by molar-refractivity contribution is -0.120. The smallest absolute Gasteiger partial charge is 0.264 e. The predicted molar refractivity (Wildman–Crippen MR) is 145 cm³/mol. The molecule has 0 bridgehead atoms. The molecule has 0 spiro atoms. The first-order chi connectivity index (χ1) is 17.1. The molecule has 36 heavy (non-hydrogen) atoms. The average molecular weight is 509 g/mol. The van der Waals surface area contributed by atoms with E-state index in [1.807, 2.05) is 39.0 Å². The molecule has 3 aromatic carbocycles. The SMILES string of the molecule is CCc1ccccc1N(CC(=O)N[C@@H](C)c1cc(C(C)C)c(OC)cc1C)S(=O)(=O)c1ccccc1. The molecule has 7 heteroatoms. The second kappa shape index (κ2) is 11.6. The molecule has 0 saturated heterocycles. The van der Waals surface area contributed by atoms with Crippen LogP contribution >= 0.6 is 0 Å². The van der Waals surface area contributed by atoms with Crippen LogP contribution in [0.15, 0.2) is 71.6 Å². The van der Waals surface area contributed by atoms with E-state index in [2.05, 4.69) is 25.2 Å². The second-order valence-electron chi connectivity index (χ2n) is 9.20. The van der Waals surface area contributed by atoms with E-state index in [9.17, 15) is 13.2 Å². The second-order valence-corrected chi connectivity index (χ2v) is 11.1. The summed E-state index contributed by atoms with van der Waals surface area (Å²) in [5.41, 5.74) is 4.39. The van der Waals surface area contributed by atoms with Crippen LogP contribution in [0.1, 0.15) is 61.9 Å². The number of carbonyl (C=O) groups is 1. The summed E-state index contributed by atoms with van der Waals surface area (Å²) in [6.07, 6.45) is 0.637. The third kappa shape index (κ3) is 5.90. The Morgan fingerprint density at radius 3 is 2.22 bits per heavy atom. The van der Waals surface area contributed by atoms with Gasteiger partial charge in [-0.15, -0.1) is 0 Å². The van der Waals surface area contributed by atoms with Crippen LogP contribution in [-0.2, 0) is 21.2 Å². The van der Waals surface area contributed by atoms with Crippen molar-refractivity contribution in [1.82, 2.24) is 5.32 Å². The standard InChI is InChI=1S/C29H36N2O4S/c1-7-23-13-11-12-16-27(23)31(36(33,34)24-14-9-8-10-15-24)19-29(32)30-22(5)26-18-25(20(2)3)28(35-6)17-21(26)4/h8-18,20,22H,7,19H2,1-6H3,(H,30,32)/t22-/m0/s1. The topological polar surface area (TPSA) is 75.7 Å². The number of nitrogens with one attached hydrogen (secondary N) is 1. The van der Waals surface area contributed by atoms with Crippen LogP contribution in [0.2, 0.25) is 0 Å². The van der Waals surface area contributed by atoms with Crippen molar-refractivity contribution in [3.63, 3.8) is 0 Å². The number of aryl methyl sites for hydroxylation is 2. The van der Waals surface area contributed by atoms with E-state index in [4.69, 9.17) is 4.74 Å². The van der Waals surface area contributed by atoms with Gasteiger partial charge in [-0.05, 0) is 78.8 Å². The zero-order valence-corrected chi connectivity index (χ0v) is 22.7. The fourth-order valence-corrected chi connectivity index (χ4v) is 5.86. The molecule has 1 atom stereocenters. The number of anilines is 1. The molecule has 0 aliphatic heterocycles. The molecule has 0 fully saturated rings. The number of rotatable bonds is 10. The highest BCUT2D eigenvalue weighted by atomic mass is 32.2. The van der Waals surface area contributed by atoms with Crippen molar-refractivity contribution >= 4 is 21.6 Å². The summed E-state index contributed by atoms with van der Waals surface area (Å²) >= 11 is 0. The Morgan fingerprint density at radius 1 is 0.972 bits per heavy atom. The number of amides is 1. The van der Waals surface area contributed by atoms with Gasteiger partial charge < -0.3 is 10.1 Å². The van der Waals surface area contributed by atoms with Crippen LogP contribution in [0.5, 0.6) is 5.75 Å². The fraction of sp³-hybridized carbons (Fsp3) is 0.345. The minimum Gasteiger partial charge on any atom is -0.496 e. The van der Waals surface area contributed by atoms with Crippen molar-refractivity contribution < 1.29 is 17.9 Å². The highest BCUT2D eigenvalue weighted by molar-refractivity contribution is 7.92. The number of benzene rings is 3. The van der Waals surface area contributed by atoms with Gasteiger partial charge in [-0.2, -0.15) is 0 Å². The number of ether oxygens (including phenoxy) is 1. The summed E-state index contributed by atoms with van der Waals surface area (Å²) in [4.78, 5) is 13.4. The molecule has 0 aliphatic carbocycles. The zero-order valence-electron chi connectivity index (χ0n) is 21.9. The zero-order chi connectivity index (χ0) is 26.5. The van der Waals surface area contributed by atoms with E-state index in [1.165, 1.54) is 4.31 Å².